The van der Waals surface area contributed by atoms with Gasteiger partial charge in [0.2, 0.25) is 0 Å². The second-order valence-corrected chi connectivity index (χ2v) is 4.60. The number of hydrogen-bond donors (Lipinski definition) is 1. The van der Waals surface area contributed by atoms with E-state index < -0.39 is 0 Å². The van der Waals surface area contributed by atoms with Crippen LogP contribution in [0, 0.1) is 11.3 Å². The molecule has 5 heteroatoms. The molecule has 18 heavy (non-hydrogen) atoms. The lowest BCUT2D eigenvalue weighted by atomic mass is 10.1. The number of nitrogens with zero attached hydrogens (tertiary/aromatic N) is 4. The summed E-state index contributed by atoms with van der Waals surface area (Å²) < 4.78 is 0. The smallest absolute Gasteiger partial charge is 0.163 e. The highest BCUT2D eigenvalue weighted by molar-refractivity contribution is 5.34. The summed E-state index contributed by atoms with van der Waals surface area (Å²) in [6.07, 6.45) is 5.18. The lowest BCUT2D eigenvalue weighted by Gasteiger charge is -2.26. The summed E-state index contributed by atoms with van der Waals surface area (Å²) in [4.78, 5) is 2.52. The SMILES string of the molecule is N#Cc1ccc(NCCCN2CCCCC2)nn1. The second kappa shape index (κ2) is 6.92. The van der Waals surface area contributed by atoms with Crippen molar-refractivity contribution in [1.29, 1.82) is 5.26 Å². The Morgan fingerprint density at radius 1 is 1.22 bits per heavy atom. The van der Waals surface area contributed by atoms with Crippen molar-refractivity contribution in [2.45, 2.75) is 25.7 Å². The van der Waals surface area contributed by atoms with Crippen molar-refractivity contribution in [3.05, 3.63) is 17.8 Å². The highest BCUT2D eigenvalue weighted by Crippen LogP contribution is 2.08. The number of anilines is 1. The number of likely N-dealkylation sites (tertiary alicyclic amines) is 1. The molecule has 0 saturated carbocycles. The third kappa shape index (κ3) is 3.97. The first-order chi connectivity index (χ1) is 8.88. The predicted molar refractivity (Wildman–Crippen MR) is 70.1 cm³/mol. The maximum atomic E-state index is 8.61. The Morgan fingerprint density at radius 2 is 2.06 bits per heavy atom. The number of rotatable bonds is 5. The first-order valence-electron chi connectivity index (χ1n) is 6.58. The van der Waals surface area contributed by atoms with Gasteiger partial charge in [0.15, 0.2) is 5.69 Å². The molecular formula is C13H19N5. The van der Waals surface area contributed by atoms with Gasteiger partial charge in [-0.05, 0) is 51.0 Å². The normalized spacial score (nSPS) is 16.2. The second-order valence-electron chi connectivity index (χ2n) is 4.60. The lowest BCUT2D eigenvalue weighted by molar-refractivity contribution is 0.228. The number of hydrogen-bond acceptors (Lipinski definition) is 5. The van der Waals surface area contributed by atoms with Crippen LogP contribution in [0.5, 0.6) is 0 Å². The van der Waals surface area contributed by atoms with E-state index >= 15 is 0 Å². The van der Waals surface area contributed by atoms with E-state index in [1.807, 2.05) is 6.07 Å². The number of nitrogens with one attached hydrogen (secondary N) is 1. The summed E-state index contributed by atoms with van der Waals surface area (Å²) in [5, 5.41) is 19.6. The van der Waals surface area contributed by atoms with Crippen LogP contribution in [0.2, 0.25) is 0 Å². The Morgan fingerprint density at radius 3 is 2.72 bits per heavy atom. The molecule has 1 fully saturated rings. The fourth-order valence-corrected chi connectivity index (χ4v) is 2.19. The van der Waals surface area contributed by atoms with Crippen molar-refractivity contribution in [2.24, 2.45) is 0 Å². The van der Waals surface area contributed by atoms with Crippen LogP contribution in [0.15, 0.2) is 12.1 Å². The Bertz CT molecular complexity index is 389. The van der Waals surface area contributed by atoms with E-state index in [0.717, 1.165) is 25.3 Å². The highest BCUT2D eigenvalue weighted by Gasteiger charge is 2.08. The van der Waals surface area contributed by atoms with E-state index in [4.69, 9.17) is 5.26 Å². The molecule has 1 aliphatic heterocycles. The van der Waals surface area contributed by atoms with Crippen LogP contribution in [0.4, 0.5) is 5.82 Å². The third-order valence-electron chi connectivity index (χ3n) is 3.19. The van der Waals surface area contributed by atoms with Crippen molar-refractivity contribution in [3.8, 4) is 6.07 Å². The fourth-order valence-electron chi connectivity index (χ4n) is 2.19. The van der Waals surface area contributed by atoms with Crippen molar-refractivity contribution in [1.82, 2.24) is 15.1 Å². The minimum absolute atomic E-state index is 0.355. The quantitative estimate of drug-likeness (QED) is 0.799. The zero-order chi connectivity index (χ0) is 12.6. The minimum atomic E-state index is 0.355. The number of aromatic nitrogens is 2. The van der Waals surface area contributed by atoms with Crippen molar-refractivity contribution in [3.63, 3.8) is 0 Å². The van der Waals surface area contributed by atoms with Gasteiger partial charge >= 0.3 is 0 Å². The van der Waals surface area contributed by atoms with Crippen LogP contribution in [-0.2, 0) is 0 Å². The molecule has 1 aromatic rings. The highest BCUT2D eigenvalue weighted by atomic mass is 15.2. The average molecular weight is 245 g/mol. The molecule has 0 amide bonds. The zero-order valence-corrected chi connectivity index (χ0v) is 10.6. The maximum absolute atomic E-state index is 8.61. The molecule has 0 radical (unpaired) electrons. The van der Waals surface area contributed by atoms with Gasteiger partial charge in [-0.25, -0.2) is 0 Å². The molecule has 0 unspecified atom stereocenters. The first kappa shape index (κ1) is 12.8. The average Bonchev–Trinajstić information content (AvgIpc) is 2.45. The molecule has 0 atom stereocenters. The molecular weight excluding hydrogens is 226 g/mol. The van der Waals surface area contributed by atoms with Crippen molar-refractivity contribution >= 4 is 5.82 Å². The van der Waals surface area contributed by atoms with Crippen LogP contribution in [0.3, 0.4) is 0 Å². The van der Waals surface area contributed by atoms with Gasteiger partial charge in [-0.1, -0.05) is 6.42 Å². The molecule has 2 heterocycles. The standard InChI is InChI=1S/C13H19N5/c14-11-12-5-6-13(17-16-12)15-7-4-10-18-8-2-1-3-9-18/h5-6H,1-4,7-10H2,(H,15,17). The Kier molecular flexibility index (Phi) is 4.91. The summed E-state index contributed by atoms with van der Waals surface area (Å²) in [5.74, 6) is 0.743. The van der Waals surface area contributed by atoms with Gasteiger partial charge in [0.1, 0.15) is 11.9 Å². The molecule has 1 saturated heterocycles. The molecule has 0 spiro atoms. The summed E-state index contributed by atoms with van der Waals surface area (Å²) in [6.45, 7) is 4.54. The molecule has 0 aliphatic carbocycles. The number of piperidine rings is 1. The van der Waals surface area contributed by atoms with Gasteiger partial charge in [0.25, 0.3) is 0 Å². The summed E-state index contributed by atoms with van der Waals surface area (Å²) in [6, 6.07) is 5.43. The van der Waals surface area contributed by atoms with Gasteiger partial charge in [-0.2, -0.15) is 5.26 Å². The fraction of sp³-hybridized carbons (Fsp3) is 0.615. The maximum Gasteiger partial charge on any atom is 0.163 e. The van der Waals surface area contributed by atoms with Crippen LogP contribution in [0.25, 0.3) is 0 Å². The molecule has 1 aromatic heterocycles. The Hall–Kier alpha value is -1.67. The van der Waals surface area contributed by atoms with Crippen LogP contribution in [-0.4, -0.2) is 41.3 Å². The summed E-state index contributed by atoms with van der Waals surface area (Å²) >= 11 is 0. The minimum Gasteiger partial charge on any atom is -0.369 e. The Balaban J connectivity index is 1.63. The predicted octanol–water partition coefficient (Wildman–Crippen LogP) is 1.64. The molecule has 0 bridgehead atoms. The van der Waals surface area contributed by atoms with E-state index in [-0.39, 0.29) is 0 Å². The number of nitriles is 1. The van der Waals surface area contributed by atoms with Gasteiger partial charge in [-0.3, -0.25) is 0 Å². The van der Waals surface area contributed by atoms with E-state index in [1.165, 1.54) is 32.4 Å². The van der Waals surface area contributed by atoms with E-state index in [9.17, 15) is 0 Å². The van der Waals surface area contributed by atoms with Crippen molar-refractivity contribution < 1.29 is 0 Å². The monoisotopic (exact) mass is 245 g/mol. The largest absolute Gasteiger partial charge is 0.369 e. The molecule has 1 N–H and O–H groups in total. The molecule has 0 aromatic carbocycles. The van der Waals surface area contributed by atoms with Gasteiger partial charge < -0.3 is 10.2 Å². The van der Waals surface area contributed by atoms with Crippen molar-refractivity contribution in [2.75, 3.05) is 31.5 Å². The lowest BCUT2D eigenvalue weighted by Crippen LogP contribution is -2.31. The summed E-state index contributed by atoms with van der Waals surface area (Å²) in [5.41, 5.74) is 0.355. The van der Waals surface area contributed by atoms with Crippen LogP contribution >= 0.6 is 0 Å². The Labute approximate surface area is 108 Å². The molecule has 1 aliphatic rings. The van der Waals surface area contributed by atoms with Gasteiger partial charge in [0.05, 0.1) is 0 Å². The molecule has 96 valence electrons. The molecule has 5 nitrogen and oxygen atoms in total. The van der Waals surface area contributed by atoms with E-state index in [2.05, 4.69) is 20.4 Å². The summed E-state index contributed by atoms with van der Waals surface area (Å²) in [7, 11) is 0. The van der Waals surface area contributed by atoms with Gasteiger partial charge in [-0.15, -0.1) is 10.2 Å². The zero-order valence-electron chi connectivity index (χ0n) is 10.6. The van der Waals surface area contributed by atoms with E-state index in [1.54, 1.807) is 12.1 Å². The van der Waals surface area contributed by atoms with Crippen LogP contribution < -0.4 is 5.32 Å². The molecule has 2 rings (SSSR count). The van der Waals surface area contributed by atoms with Crippen LogP contribution in [0.1, 0.15) is 31.4 Å². The van der Waals surface area contributed by atoms with E-state index in [0.29, 0.717) is 5.69 Å². The first-order valence-corrected chi connectivity index (χ1v) is 6.58. The third-order valence-corrected chi connectivity index (χ3v) is 3.19. The topological polar surface area (TPSA) is 64.8 Å². The van der Waals surface area contributed by atoms with Gasteiger partial charge in [0, 0.05) is 6.54 Å².